The number of likely N-dealkylation sites (tertiary alicyclic amines) is 1. The lowest BCUT2D eigenvalue weighted by molar-refractivity contribution is -0.131. The molecule has 1 atom stereocenters. The van der Waals surface area contributed by atoms with Crippen LogP contribution in [0.3, 0.4) is 0 Å². The van der Waals surface area contributed by atoms with Gasteiger partial charge in [-0.2, -0.15) is 0 Å². The quantitative estimate of drug-likeness (QED) is 0.603. The number of carbonyl (C=O) groups excluding carboxylic acids is 1. The summed E-state index contributed by atoms with van der Waals surface area (Å²) in [6.45, 7) is 4.99. The fourth-order valence-electron chi connectivity index (χ4n) is 4.21. The van der Waals surface area contributed by atoms with Crippen LogP contribution < -0.4 is 4.90 Å². The van der Waals surface area contributed by atoms with Crippen molar-refractivity contribution >= 4 is 11.9 Å². The van der Waals surface area contributed by atoms with Gasteiger partial charge in [-0.3, -0.25) is 4.79 Å². The first-order chi connectivity index (χ1) is 15.3. The Labute approximate surface area is 187 Å². The maximum atomic E-state index is 13.5. The molecule has 32 heavy (non-hydrogen) atoms. The van der Waals surface area contributed by atoms with E-state index in [1.54, 1.807) is 18.3 Å². The highest BCUT2D eigenvalue weighted by Gasteiger charge is 2.29. The molecule has 1 amide bonds. The monoisotopic (exact) mass is 437 g/mol. The topological polar surface area (TPSA) is 75.4 Å². The van der Waals surface area contributed by atoms with E-state index in [0.717, 1.165) is 47.5 Å². The van der Waals surface area contributed by atoms with Crippen molar-refractivity contribution in [1.29, 1.82) is 0 Å². The van der Waals surface area contributed by atoms with Gasteiger partial charge in [-0.15, -0.1) is 0 Å². The summed E-state index contributed by atoms with van der Waals surface area (Å²) in [5.74, 6) is 1.16. The van der Waals surface area contributed by atoms with Gasteiger partial charge in [0.05, 0.1) is 17.8 Å². The van der Waals surface area contributed by atoms with Crippen molar-refractivity contribution in [2.24, 2.45) is 0 Å². The number of anilines is 1. The Hall–Kier alpha value is -3.29. The number of rotatable bonds is 5. The zero-order chi connectivity index (χ0) is 22.8. The predicted octanol–water partition coefficient (Wildman–Crippen LogP) is 3.90. The van der Waals surface area contributed by atoms with Crippen LogP contribution in [0.15, 0.2) is 35.0 Å². The van der Waals surface area contributed by atoms with Crippen molar-refractivity contribution in [3.63, 3.8) is 0 Å². The van der Waals surface area contributed by atoms with E-state index in [-0.39, 0.29) is 24.1 Å². The number of piperidine rings is 1. The lowest BCUT2D eigenvalue weighted by Crippen LogP contribution is -2.40. The minimum absolute atomic E-state index is 0.0642. The Morgan fingerprint density at radius 1 is 1.25 bits per heavy atom. The standard InChI is InChI=1S/C24H28FN5O2/c1-15-20(16(2)32-28-15)12-22(31)30-11-5-6-18(14-30)23-21(13-26-24(27-23)29(3)4)17-7-9-19(25)10-8-17/h7-10,13,18H,5-6,11-12,14H2,1-4H3/t18-/m0/s1. The lowest BCUT2D eigenvalue weighted by Gasteiger charge is -2.33. The molecule has 168 valence electrons. The van der Waals surface area contributed by atoms with Gasteiger partial charge in [-0.25, -0.2) is 14.4 Å². The molecule has 0 saturated carbocycles. The third-order valence-corrected chi connectivity index (χ3v) is 6.03. The third-order valence-electron chi connectivity index (χ3n) is 6.03. The molecule has 7 nitrogen and oxygen atoms in total. The molecule has 1 saturated heterocycles. The summed E-state index contributed by atoms with van der Waals surface area (Å²) in [5.41, 5.74) is 4.26. The number of carbonyl (C=O) groups is 1. The summed E-state index contributed by atoms with van der Waals surface area (Å²) in [5, 5.41) is 3.96. The second kappa shape index (κ2) is 9.06. The second-order valence-electron chi connectivity index (χ2n) is 8.53. The predicted molar refractivity (Wildman–Crippen MR) is 120 cm³/mol. The van der Waals surface area contributed by atoms with Crippen molar-refractivity contribution in [2.75, 3.05) is 32.1 Å². The van der Waals surface area contributed by atoms with Crippen LogP contribution >= 0.6 is 0 Å². The van der Waals surface area contributed by atoms with Crippen molar-refractivity contribution in [1.82, 2.24) is 20.0 Å². The largest absolute Gasteiger partial charge is 0.361 e. The van der Waals surface area contributed by atoms with Gasteiger partial charge in [0, 0.05) is 50.4 Å². The zero-order valence-electron chi connectivity index (χ0n) is 18.9. The molecule has 3 heterocycles. The Bertz CT molecular complexity index is 1090. The van der Waals surface area contributed by atoms with Crippen molar-refractivity contribution < 1.29 is 13.7 Å². The normalized spacial score (nSPS) is 16.3. The Morgan fingerprint density at radius 3 is 2.66 bits per heavy atom. The van der Waals surface area contributed by atoms with Gasteiger partial charge >= 0.3 is 0 Å². The number of amides is 1. The van der Waals surface area contributed by atoms with E-state index in [2.05, 4.69) is 10.1 Å². The molecule has 1 aromatic carbocycles. The van der Waals surface area contributed by atoms with Crippen LogP contribution in [0.1, 0.15) is 41.5 Å². The molecule has 0 spiro atoms. The summed E-state index contributed by atoms with van der Waals surface area (Å²) < 4.78 is 18.7. The van der Waals surface area contributed by atoms with Gasteiger partial charge in [0.25, 0.3) is 0 Å². The number of hydrogen-bond donors (Lipinski definition) is 0. The Kier molecular flexibility index (Phi) is 6.21. The second-order valence-corrected chi connectivity index (χ2v) is 8.53. The van der Waals surface area contributed by atoms with E-state index in [1.165, 1.54) is 12.1 Å². The molecule has 4 rings (SSSR count). The summed E-state index contributed by atoms with van der Waals surface area (Å²) in [4.78, 5) is 26.2. The smallest absolute Gasteiger partial charge is 0.227 e. The lowest BCUT2D eigenvalue weighted by atomic mass is 9.89. The van der Waals surface area contributed by atoms with Gasteiger partial charge in [-0.1, -0.05) is 17.3 Å². The molecule has 0 radical (unpaired) electrons. The van der Waals surface area contributed by atoms with Crippen molar-refractivity contribution in [3.05, 3.63) is 59.0 Å². The molecule has 1 aliphatic rings. The average molecular weight is 438 g/mol. The van der Waals surface area contributed by atoms with Crippen LogP contribution in [0.25, 0.3) is 11.1 Å². The minimum Gasteiger partial charge on any atom is -0.361 e. The molecule has 0 unspecified atom stereocenters. The Morgan fingerprint density at radius 2 is 2.00 bits per heavy atom. The number of aromatic nitrogens is 3. The van der Waals surface area contributed by atoms with Crippen LogP contribution in [-0.2, 0) is 11.2 Å². The molecule has 1 aliphatic heterocycles. The maximum Gasteiger partial charge on any atom is 0.227 e. The summed E-state index contributed by atoms with van der Waals surface area (Å²) in [6.07, 6.45) is 3.90. The molecular weight excluding hydrogens is 409 g/mol. The number of halogens is 1. The molecule has 0 aliphatic carbocycles. The highest BCUT2D eigenvalue weighted by molar-refractivity contribution is 5.79. The molecule has 3 aromatic rings. The van der Waals surface area contributed by atoms with Crippen LogP contribution in [0.5, 0.6) is 0 Å². The number of benzene rings is 1. The van der Waals surface area contributed by atoms with Crippen molar-refractivity contribution in [3.8, 4) is 11.1 Å². The first kappa shape index (κ1) is 21.9. The minimum atomic E-state index is -0.283. The fourth-order valence-corrected chi connectivity index (χ4v) is 4.21. The highest BCUT2D eigenvalue weighted by Crippen LogP contribution is 2.34. The van der Waals surface area contributed by atoms with Crippen LogP contribution in [-0.4, -0.2) is 53.1 Å². The fraction of sp³-hybridized carbons (Fsp3) is 0.417. The molecular formula is C24H28FN5O2. The van der Waals surface area contributed by atoms with E-state index in [9.17, 15) is 9.18 Å². The van der Waals surface area contributed by atoms with Gasteiger partial charge in [-0.05, 0) is 44.4 Å². The SMILES string of the molecule is Cc1noc(C)c1CC(=O)N1CCC[C@H](c2nc(N(C)C)ncc2-c2ccc(F)cc2)C1. The highest BCUT2D eigenvalue weighted by atomic mass is 19.1. The van der Waals surface area contributed by atoms with E-state index in [1.807, 2.05) is 37.7 Å². The summed E-state index contributed by atoms with van der Waals surface area (Å²) >= 11 is 0. The maximum absolute atomic E-state index is 13.5. The molecule has 0 N–H and O–H groups in total. The van der Waals surface area contributed by atoms with E-state index in [4.69, 9.17) is 9.51 Å². The van der Waals surface area contributed by atoms with E-state index >= 15 is 0 Å². The van der Waals surface area contributed by atoms with Crippen LogP contribution in [0, 0.1) is 19.7 Å². The van der Waals surface area contributed by atoms with Gasteiger partial charge in [0.1, 0.15) is 11.6 Å². The van der Waals surface area contributed by atoms with Crippen LogP contribution in [0.4, 0.5) is 10.3 Å². The summed E-state index contributed by atoms with van der Waals surface area (Å²) in [7, 11) is 3.80. The first-order valence-electron chi connectivity index (χ1n) is 10.8. The Balaban J connectivity index is 1.62. The van der Waals surface area contributed by atoms with Crippen LogP contribution in [0.2, 0.25) is 0 Å². The third kappa shape index (κ3) is 4.49. The molecule has 8 heteroatoms. The molecule has 2 aromatic heterocycles. The molecule has 0 bridgehead atoms. The van der Waals surface area contributed by atoms with Crippen molar-refractivity contribution in [2.45, 2.75) is 39.0 Å². The number of hydrogen-bond acceptors (Lipinski definition) is 6. The molecule has 1 fully saturated rings. The van der Waals surface area contributed by atoms with E-state index < -0.39 is 0 Å². The zero-order valence-corrected chi connectivity index (χ0v) is 18.9. The van der Waals surface area contributed by atoms with Gasteiger partial charge in [0.15, 0.2) is 0 Å². The number of nitrogens with zero attached hydrogens (tertiary/aromatic N) is 5. The van der Waals surface area contributed by atoms with Gasteiger partial charge in [0.2, 0.25) is 11.9 Å². The summed E-state index contributed by atoms with van der Waals surface area (Å²) in [6, 6.07) is 6.38. The average Bonchev–Trinajstić information content (AvgIpc) is 3.11. The first-order valence-corrected chi connectivity index (χ1v) is 10.8. The number of aryl methyl sites for hydroxylation is 2. The van der Waals surface area contributed by atoms with E-state index in [0.29, 0.717) is 18.3 Å². The van der Waals surface area contributed by atoms with Gasteiger partial charge < -0.3 is 14.3 Å².